The van der Waals surface area contributed by atoms with Crippen LogP contribution in [0.2, 0.25) is 0 Å². The molecule has 3 aromatic rings. The van der Waals surface area contributed by atoms with Crippen molar-refractivity contribution in [3.8, 4) is 5.75 Å². The molecule has 0 aliphatic carbocycles. The van der Waals surface area contributed by atoms with Crippen molar-refractivity contribution in [3.05, 3.63) is 77.4 Å². The molecule has 2 aromatic heterocycles. The Morgan fingerprint density at radius 3 is 2.69 bits per heavy atom. The first-order valence-electron chi connectivity index (χ1n) is 9.05. The zero-order chi connectivity index (χ0) is 18.2. The zero-order valence-corrected chi connectivity index (χ0v) is 15.5. The number of pyridine rings is 1. The number of aryl methyl sites for hydroxylation is 3. The van der Waals surface area contributed by atoms with Crippen LogP contribution in [0.25, 0.3) is 0 Å². The van der Waals surface area contributed by atoms with Gasteiger partial charge in [-0.3, -0.25) is 9.67 Å². The molecule has 5 heteroatoms. The fraction of sp³-hybridized carbons (Fsp3) is 0.333. The maximum Gasteiger partial charge on any atom is 0.130 e. The highest BCUT2D eigenvalue weighted by molar-refractivity contribution is 5.33. The summed E-state index contributed by atoms with van der Waals surface area (Å²) >= 11 is 0. The summed E-state index contributed by atoms with van der Waals surface area (Å²) in [6, 6.07) is 16.1. The van der Waals surface area contributed by atoms with Gasteiger partial charge in [0.15, 0.2) is 0 Å². The number of benzene rings is 1. The number of aromatic nitrogens is 3. The number of hydrogen-bond acceptors (Lipinski definition) is 4. The quantitative estimate of drug-likeness (QED) is 0.599. The van der Waals surface area contributed by atoms with E-state index in [1.807, 2.05) is 43.3 Å². The Morgan fingerprint density at radius 1 is 1.08 bits per heavy atom. The first kappa shape index (κ1) is 18.1. The molecule has 5 nitrogen and oxygen atoms in total. The minimum atomic E-state index is 0.482. The third-order valence-corrected chi connectivity index (χ3v) is 4.22. The van der Waals surface area contributed by atoms with E-state index in [1.54, 1.807) is 6.20 Å². The summed E-state index contributed by atoms with van der Waals surface area (Å²) in [6.45, 7) is 7.27. The molecule has 0 aliphatic rings. The zero-order valence-electron chi connectivity index (χ0n) is 15.5. The molecule has 0 fully saturated rings. The van der Waals surface area contributed by atoms with Gasteiger partial charge in [-0.05, 0) is 51.1 Å². The van der Waals surface area contributed by atoms with Crippen LogP contribution in [0.1, 0.15) is 29.1 Å². The topological polar surface area (TPSA) is 52.0 Å². The van der Waals surface area contributed by atoms with Crippen molar-refractivity contribution in [2.75, 3.05) is 6.54 Å². The van der Waals surface area contributed by atoms with E-state index in [4.69, 9.17) is 4.74 Å². The van der Waals surface area contributed by atoms with Crippen LogP contribution in [-0.4, -0.2) is 21.3 Å². The molecule has 0 spiro atoms. The molecule has 0 unspecified atom stereocenters. The van der Waals surface area contributed by atoms with Crippen molar-refractivity contribution in [3.63, 3.8) is 0 Å². The van der Waals surface area contributed by atoms with Crippen molar-refractivity contribution < 1.29 is 4.74 Å². The maximum absolute atomic E-state index is 5.95. The minimum Gasteiger partial charge on any atom is -0.487 e. The molecule has 26 heavy (non-hydrogen) atoms. The molecule has 0 saturated heterocycles. The van der Waals surface area contributed by atoms with Gasteiger partial charge in [0.2, 0.25) is 0 Å². The van der Waals surface area contributed by atoms with Gasteiger partial charge in [0.05, 0.1) is 11.4 Å². The molecule has 2 heterocycles. The number of nitrogens with zero attached hydrogens (tertiary/aromatic N) is 3. The fourth-order valence-corrected chi connectivity index (χ4v) is 2.90. The molecule has 0 aliphatic heterocycles. The smallest absolute Gasteiger partial charge is 0.130 e. The molecule has 1 aromatic carbocycles. The van der Waals surface area contributed by atoms with Gasteiger partial charge in [-0.15, -0.1) is 0 Å². The molecule has 3 rings (SSSR count). The van der Waals surface area contributed by atoms with Crippen LogP contribution < -0.4 is 10.1 Å². The highest BCUT2D eigenvalue weighted by Gasteiger charge is 2.04. The maximum atomic E-state index is 5.95. The Bertz CT molecular complexity index is 814. The third-order valence-electron chi connectivity index (χ3n) is 4.22. The van der Waals surface area contributed by atoms with Crippen molar-refractivity contribution >= 4 is 0 Å². The number of rotatable bonds is 9. The van der Waals surface area contributed by atoms with E-state index >= 15 is 0 Å². The fourth-order valence-electron chi connectivity index (χ4n) is 2.90. The Morgan fingerprint density at radius 2 is 1.92 bits per heavy atom. The lowest BCUT2D eigenvalue weighted by atomic mass is 10.2. The van der Waals surface area contributed by atoms with E-state index < -0.39 is 0 Å². The van der Waals surface area contributed by atoms with E-state index in [0.29, 0.717) is 6.61 Å². The van der Waals surface area contributed by atoms with Gasteiger partial charge in [0, 0.05) is 30.5 Å². The van der Waals surface area contributed by atoms with E-state index in [9.17, 15) is 0 Å². The molecule has 0 saturated carbocycles. The van der Waals surface area contributed by atoms with E-state index in [-0.39, 0.29) is 0 Å². The van der Waals surface area contributed by atoms with Crippen LogP contribution in [0.4, 0.5) is 0 Å². The van der Waals surface area contributed by atoms with E-state index in [2.05, 4.69) is 39.1 Å². The summed E-state index contributed by atoms with van der Waals surface area (Å²) in [5, 5.41) is 8.00. The van der Waals surface area contributed by atoms with Crippen molar-refractivity contribution in [2.45, 2.75) is 40.0 Å². The van der Waals surface area contributed by atoms with E-state index in [0.717, 1.165) is 48.8 Å². The van der Waals surface area contributed by atoms with Crippen LogP contribution in [0.3, 0.4) is 0 Å². The van der Waals surface area contributed by atoms with Crippen LogP contribution in [-0.2, 0) is 19.7 Å². The Labute approximate surface area is 155 Å². The van der Waals surface area contributed by atoms with Gasteiger partial charge < -0.3 is 10.1 Å². The largest absolute Gasteiger partial charge is 0.487 e. The van der Waals surface area contributed by atoms with Gasteiger partial charge in [-0.25, -0.2) is 0 Å². The Balaban J connectivity index is 1.45. The predicted molar refractivity (Wildman–Crippen MR) is 103 cm³/mol. The van der Waals surface area contributed by atoms with Crippen LogP contribution in [0.15, 0.2) is 54.7 Å². The average molecular weight is 350 g/mol. The van der Waals surface area contributed by atoms with Crippen LogP contribution >= 0.6 is 0 Å². The van der Waals surface area contributed by atoms with Gasteiger partial charge in [-0.1, -0.05) is 24.3 Å². The minimum absolute atomic E-state index is 0.482. The Kier molecular flexibility index (Phi) is 6.39. The molecule has 1 N–H and O–H groups in total. The number of hydrogen-bond donors (Lipinski definition) is 1. The summed E-state index contributed by atoms with van der Waals surface area (Å²) in [4.78, 5) is 4.30. The molecule has 0 amide bonds. The summed E-state index contributed by atoms with van der Waals surface area (Å²) in [7, 11) is 0. The second kappa shape index (κ2) is 9.15. The molecule has 136 valence electrons. The SMILES string of the molecule is Cc1cc(C)n(CCCNCc2ccccc2OCc2ccccn2)n1. The van der Waals surface area contributed by atoms with Gasteiger partial charge >= 0.3 is 0 Å². The molecule has 0 radical (unpaired) electrons. The summed E-state index contributed by atoms with van der Waals surface area (Å²) < 4.78 is 8.02. The monoisotopic (exact) mass is 350 g/mol. The van der Waals surface area contributed by atoms with Crippen molar-refractivity contribution in [2.24, 2.45) is 0 Å². The number of ether oxygens (including phenoxy) is 1. The van der Waals surface area contributed by atoms with Gasteiger partial charge in [0.1, 0.15) is 12.4 Å². The third kappa shape index (κ3) is 5.17. The first-order chi connectivity index (χ1) is 12.7. The second-order valence-corrected chi connectivity index (χ2v) is 6.40. The number of para-hydroxylation sites is 1. The molecular weight excluding hydrogens is 324 g/mol. The number of nitrogens with one attached hydrogen (secondary N) is 1. The normalized spacial score (nSPS) is 10.8. The van der Waals surface area contributed by atoms with Crippen LogP contribution in [0.5, 0.6) is 5.75 Å². The summed E-state index contributed by atoms with van der Waals surface area (Å²) in [5.74, 6) is 0.907. The Hall–Kier alpha value is -2.66. The standard InChI is InChI=1S/C21H26N4O/c1-17-14-18(2)25(24-17)13-7-11-22-15-19-8-3-4-10-21(19)26-16-20-9-5-6-12-23-20/h3-6,8-10,12,14,22H,7,11,13,15-16H2,1-2H3. The van der Waals surface area contributed by atoms with Gasteiger partial charge in [-0.2, -0.15) is 5.10 Å². The van der Waals surface area contributed by atoms with Crippen LogP contribution in [0, 0.1) is 13.8 Å². The van der Waals surface area contributed by atoms with Gasteiger partial charge in [0.25, 0.3) is 0 Å². The summed E-state index contributed by atoms with van der Waals surface area (Å²) in [5.41, 5.74) is 4.39. The summed E-state index contributed by atoms with van der Waals surface area (Å²) in [6.07, 6.45) is 2.83. The lowest BCUT2D eigenvalue weighted by Gasteiger charge is -2.12. The first-order valence-corrected chi connectivity index (χ1v) is 9.05. The molecular formula is C21H26N4O. The lowest BCUT2D eigenvalue weighted by Crippen LogP contribution is -2.17. The predicted octanol–water partition coefficient (Wildman–Crippen LogP) is 3.65. The highest BCUT2D eigenvalue weighted by Crippen LogP contribution is 2.18. The average Bonchev–Trinajstić information content (AvgIpc) is 2.98. The second-order valence-electron chi connectivity index (χ2n) is 6.40. The van der Waals surface area contributed by atoms with Crippen molar-refractivity contribution in [1.82, 2.24) is 20.1 Å². The highest BCUT2D eigenvalue weighted by atomic mass is 16.5. The van der Waals surface area contributed by atoms with Crippen molar-refractivity contribution in [1.29, 1.82) is 0 Å². The molecule has 0 atom stereocenters. The lowest BCUT2D eigenvalue weighted by molar-refractivity contribution is 0.297. The molecule has 0 bridgehead atoms. The van der Waals surface area contributed by atoms with E-state index in [1.165, 1.54) is 5.69 Å².